The number of carboxylic acids is 1. The molecule has 4 nitrogen and oxygen atoms in total. The average Bonchev–Trinajstić information content (AvgIpc) is 2.37. The summed E-state index contributed by atoms with van der Waals surface area (Å²) < 4.78 is 0. The highest BCUT2D eigenvalue weighted by molar-refractivity contribution is 5.79. The van der Waals surface area contributed by atoms with Crippen molar-refractivity contribution >= 4 is 11.9 Å². The fraction of sp³-hybridized carbons (Fsp3) is 0.286. The van der Waals surface area contributed by atoms with Gasteiger partial charge in [0.2, 0.25) is 5.91 Å². The van der Waals surface area contributed by atoms with Crippen LogP contribution in [0.5, 0.6) is 0 Å². The van der Waals surface area contributed by atoms with Gasteiger partial charge in [-0.25, -0.2) is 0 Å². The molecule has 0 spiro atoms. The molecule has 2 N–H and O–H groups in total. The number of aliphatic carboxylic acids is 1. The van der Waals surface area contributed by atoms with Gasteiger partial charge in [-0.05, 0) is 12.0 Å². The van der Waals surface area contributed by atoms with E-state index in [9.17, 15) is 9.59 Å². The van der Waals surface area contributed by atoms with Crippen LogP contribution in [-0.2, 0) is 9.59 Å². The zero-order chi connectivity index (χ0) is 13.4. The van der Waals surface area contributed by atoms with Crippen molar-refractivity contribution in [3.8, 4) is 0 Å². The minimum absolute atomic E-state index is 0.106. The number of nitrogens with one attached hydrogen (secondary N) is 1. The highest BCUT2D eigenvalue weighted by atomic mass is 16.4. The van der Waals surface area contributed by atoms with Crippen molar-refractivity contribution in [1.29, 1.82) is 0 Å². The van der Waals surface area contributed by atoms with Crippen molar-refractivity contribution in [3.05, 3.63) is 48.6 Å². The van der Waals surface area contributed by atoms with Gasteiger partial charge in [0.25, 0.3) is 0 Å². The van der Waals surface area contributed by atoms with Gasteiger partial charge in [0, 0.05) is 13.0 Å². The molecule has 1 atom stereocenters. The number of carboxylic acid groups (broad SMARTS) is 1. The van der Waals surface area contributed by atoms with Crippen LogP contribution in [0.15, 0.2) is 43.0 Å². The average molecular weight is 247 g/mol. The van der Waals surface area contributed by atoms with Gasteiger partial charge < -0.3 is 10.4 Å². The Morgan fingerprint density at radius 1 is 1.33 bits per heavy atom. The molecule has 0 aliphatic rings. The van der Waals surface area contributed by atoms with E-state index in [4.69, 9.17) is 5.11 Å². The van der Waals surface area contributed by atoms with Gasteiger partial charge in [0.05, 0.1) is 5.92 Å². The molecule has 0 radical (unpaired) electrons. The fourth-order valence-electron chi connectivity index (χ4n) is 1.57. The minimum Gasteiger partial charge on any atom is -0.481 e. The van der Waals surface area contributed by atoms with Crippen LogP contribution in [-0.4, -0.2) is 23.5 Å². The molecule has 1 rings (SSSR count). The van der Waals surface area contributed by atoms with Crippen LogP contribution in [0.3, 0.4) is 0 Å². The Kier molecular flexibility index (Phi) is 5.64. The van der Waals surface area contributed by atoms with Crippen molar-refractivity contribution in [2.45, 2.75) is 18.8 Å². The van der Waals surface area contributed by atoms with E-state index >= 15 is 0 Å². The summed E-state index contributed by atoms with van der Waals surface area (Å²) >= 11 is 0. The van der Waals surface area contributed by atoms with Gasteiger partial charge in [-0.3, -0.25) is 9.59 Å². The molecule has 0 unspecified atom stereocenters. The number of hydrogen-bond donors (Lipinski definition) is 2. The zero-order valence-corrected chi connectivity index (χ0v) is 10.1. The molecule has 4 heteroatoms. The summed E-state index contributed by atoms with van der Waals surface area (Å²) in [7, 11) is 0. The third-order valence-electron chi connectivity index (χ3n) is 2.58. The van der Waals surface area contributed by atoms with Crippen LogP contribution in [0.2, 0.25) is 0 Å². The van der Waals surface area contributed by atoms with E-state index < -0.39 is 11.9 Å². The van der Waals surface area contributed by atoms with Gasteiger partial charge in [-0.15, -0.1) is 6.58 Å². The number of allylic oxidation sites excluding steroid dienone is 1. The maximum Gasteiger partial charge on any atom is 0.312 e. The Morgan fingerprint density at radius 2 is 2.00 bits per heavy atom. The van der Waals surface area contributed by atoms with Crippen LogP contribution < -0.4 is 5.32 Å². The molecule has 1 aromatic rings. The number of amides is 1. The van der Waals surface area contributed by atoms with Gasteiger partial charge in [-0.2, -0.15) is 0 Å². The van der Waals surface area contributed by atoms with Crippen LogP contribution in [0.4, 0.5) is 0 Å². The second-order valence-corrected chi connectivity index (χ2v) is 3.93. The van der Waals surface area contributed by atoms with Gasteiger partial charge >= 0.3 is 5.97 Å². The predicted molar refractivity (Wildman–Crippen MR) is 69.3 cm³/mol. The molecule has 0 aromatic heterocycles. The number of carbonyl (C=O) groups excluding carboxylic acids is 1. The third-order valence-corrected chi connectivity index (χ3v) is 2.58. The van der Waals surface area contributed by atoms with E-state index in [2.05, 4.69) is 11.9 Å². The maximum atomic E-state index is 11.4. The van der Waals surface area contributed by atoms with Crippen LogP contribution in [0, 0.1) is 0 Å². The smallest absolute Gasteiger partial charge is 0.312 e. The van der Waals surface area contributed by atoms with Crippen molar-refractivity contribution < 1.29 is 14.7 Å². The van der Waals surface area contributed by atoms with E-state index in [1.54, 1.807) is 30.3 Å². The van der Waals surface area contributed by atoms with Crippen molar-refractivity contribution in [2.75, 3.05) is 6.54 Å². The summed E-state index contributed by atoms with van der Waals surface area (Å²) in [6.07, 6.45) is 2.59. The van der Waals surface area contributed by atoms with E-state index in [-0.39, 0.29) is 12.5 Å². The summed E-state index contributed by atoms with van der Waals surface area (Å²) in [5, 5.41) is 11.8. The SMILES string of the molecule is C=CCCC(=O)NC[C@@H](C(=O)O)c1ccccc1. The molecule has 1 aromatic carbocycles. The van der Waals surface area contributed by atoms with Crippen LogP contribution in [0.25, 0.3) is 0 Å². The van der Waals surface area contributed by atoms with Crippen LogP contribution in [0.1, 0.15) is 24.3 Å². The van der Waals surface area contributed by atoms with E-state index in [1.165, 1.54) is 0 Å². The lowest BCUT2D eigenvalue weighted by atomic mass is 9.99. The lowest BCUT2D eigenvalue weighted by Gasteiger charge is -2.13. The molecule has 0 heterocycles. The second-order valence-electron chi connectivity index (χ2n) is 3.93. The molecular weight excluding hydrogens is 230 g/mol. The minimum atomic E-state index is -0.940. The summed E-state index contributed by atoms with van der Waals surface area (Å²) in [4.78, 5) is 22.6. The molecule has 0 aliphatic carbocycles. The highest BCUT2D eigenvalue weighted by Crippen LogP contribution is 2.14. The Balaban J connectivity index is 2.57. The van der Waals surface area contributed by atoms with Crippen molar-refractivity contribution in [2.24, 2.45) is 0 Å². The first-order valence-electron chi connectivity index (χ1n) is 5.80. The lowest BCUT2D eigenvalue weighted by molar-refractivity contribution is -0.138. The Morgan fingerprint density at radius 3 is 2.56 bits per heavy atom. The van der Waals surface area contributed by atoms with Gasteiger partial charge in [0.15, 0.2) is 0 Å². The number of carbonyl (C=O) groups is 2. The predicted octanol–water partition coefficient (Wildman–Crippen LogP) is 1.94. The van der Waals surface area contributed by atoms with Crippen LogP contribution >= 0.6 is 0 Å². The summed E-state index contributed by atoms with van der Waals surface area (Å²) in [5.74, 6) is -1.80. The quantitative estimate of drug-likeness (QED) is 0.723. The molecule has 0 bridgehead atoms. The highest BCUT2D eigenvalue weighted by Gasteiger charge is 2.19. The summed E-state index contributed by atoms with van der Waals surface area (Å²) in [6.45, 7) is 3.64. The lowest BCUT2D eigenvalue weighted by Crippen LogP contribution is -2.31. The van der Waals surface area contributed by atoms with Crippen molar-refractivity contribution in [1.82, 2.24) is 5.32 Å². The molecule has 0 saturated heterocycles. The number of rotatable bonds is 7. The normalized spacial score (nSPS) is 11.6. The van der Waals surface area contributed by atoms with E-state index in [1.807, 2.05) is 6.07 Å². The topological polar surface area (TPSA) is 66.4 Å². The Bertz CT molecular complexity index is 414. The van der Waals surface area contributed by atoms with E-state index in [0.29, 0.717) is 18.4 Å². The third kappa shape index (κ3) is 4.41. The summed E-state index contributed by atoms with van der Waals surface area (Å²) in [6, 6.07) is 8.88. The number of hydrogen-bond acceptors (Lipinski definition) is 2. The molecule has 0 aliphatic heterocycles. The Labute approximate surface area is 106 Å². The fourth-order valence-corrected chi connectivity index (χ4v) is 1.57. The largest absolute Gasteiger partial charge is 0.481 e. The molecule has 0 fully saturated rings. The first kappa shape index (κ1) is 14.0. The van der Waals surface area contributed by atoms with E-state index in [0.717, 1.165) is 0 Å². The standard InChI is InChI=1S/C14H17NO3/c1-2-3-9-13(16)15-10-12(14(17)18)11-7-5-4-6-8-11/h2,4-8,12H,1,3,9-10H2,(H,15,16)(H,17,18)/t12-/m1/s1. The van der Waals surface area contributed by atoms with Gasteiger partial charge in [0.1, 0.15) is 0 Å². The van der Waals surface area contributed by atoms with Crippen molar-refractivity contribution in [3.63, 3.8) is 0 Å². The molecule has 96 valence electrons. The summed E-state index contributed by atoms with van der Waals surface area (Å²) in [5.41, 5.74) is 0.689. The van der Waals surface area contributed by atoms with Gasteiger partial charge in [-0.1, -0.05) is 36.4 Å². The second kappa shape index (κ2) is 7.27. The maximum absolute atomic E-state index is 11.4. The Hall–Kier alpha value is -2.10. The zero-order valence-electron chi connectivity index (χ0n) is 10.1. The monoisotopic (exact) mass is 247 g/mol. The molecular formula is C14H17NO3. The first-order chi connectivity index (χ1) is 8.65. The number of benzene rings is 1. The molecule has 18 heavy (non-hydrogen) atoms. The first-order valence-corrected chi connectivity index (χ1v) is 5.80. The molecule has 1 amide bonds. The molecule has 0 saturated carbocycles.